The summed E-state index contributed by atoms with van der Waals surface area (Å²) in [5.41, 5.74) is 0. The van der Waals surface area contributed by atoms with Crippen molar-refractivity contribution in [3.63, 3.8) is 0 Å². The molecule has 0 radical (unpaired) electrons. The minimum Gasteiger partial charge on any atom is -0.314 e. The minimum absolute atomic E-state index is 0.0543. The molecular formula is C13H24N4O2S2. The van der Waals surface area contributed by atoms with Crippen molar-refractivity contribution in [3.8, 4) is 0 Å². The first-order valence-electron chi connectivity index (χ1n) is 7.33. The van der Waals surface area contributed by atoms with Gasteiger partial charge in [-0.3, -0.25) is 4.68 Å². The molecule has 0 spiro atoms. The van der Waals surface area contributed by atoms with Crippen LogP contribution >= 0.6 is 11.8 Å². The number of nitrogens with one attached hydrogen (secondary N) is 2. The van der Waals surface area contributed by atoms with E-state index >= 15 is 0 Å². The van der Waals surface area contributed by atoms with Crippen LogP contribution < -0.4 is 10.0 Å². The molecular weight excluding hydrogens is 308 g/mol. The van der Waals surface area contributed by atoms with Crippen molar-refractivity contribution in [3.05, 3.63) is 12.4 Å². The van der Waals surface area contributed by atoms with Crippen molar-refractivity contribution in [1.29, 1.82) is 0 Å². The third-order valence-corrected chi connectivity index (χ3v) is 5.93. The fraction of sp³-hybridized carbons (Fsp3) is 0.769. The number of aromatic nitrogens is 2. The molecule has 1 aromatic rings. The maximum absolute atomic E-state index is 12.2. The Hall–Kier alpha value is -0.570. The fourth-order valence-electron chi connectivity index (χ4n) is 2.15. The van der Waals surface area contributed by atoms with Crippen molar-refractivity contribution in [1.82, 2.24) is 19.8 Å². The predicted molar refractivity (Wildman–Crippen MR) is 86.0 cm³/mol. The van der Waals surface area contributed by atoms with E-state index in [1.165, 1.54) is 6.20 Å². The Kier molecular flexibility index (Phi) is 6.09. The van der Waals surface area contributed by atoms with Gasteiger partial charge in [0, 0.05) is 30.6 Å². The number of rotatable bonds is 8. The fourth-order valence-corrected chi connectivity index (χ4v) is 4.63. The summed E-state index contributed by atoms with van der Waals surface area (Å²) in [5.74, 6) is 1.88. The molecule has 1 aromatic heterocycles. The molecule has 120 valence electrons. The first kappa shape index (κ1) is 16.8. The molecule has 2 heterocycles. The normalized spacial score (nSPS) is 19.5. The third-order valence-electron chi connectivity index (χ3n) is 3.29. The Morgan fingerprint density at radius 2 is 2.33 bits per heavy atom. The molecule has 21 heavy (non-hydrogen) atoms. The van der Waals surface area contributed by atoms with Crippen molar-refractivity contribution >= 4 is 21.8 Å². The molecule has 1 atom stereocenters. The van der Waals surface area contributed by atoms with Gasteiger partial charge in [-0.05, 0) is 25.1 Å². The van der Waals surface area contributed by atoms with E-state index in [0.717, 1.165) is 30.9 Å². The Morgan fingerprint density at radius 1 is 1.52 bits per heavy atom. The summed E-state index contributed by atoms with van der Waals surface area (Å²) in [7, 11) is -3.43. The molecule has 2 N–H and O–H groups in total. The van der Waals surface area contributed by atoms with Crippen molar-refractivity contribution < 1.29 is 8.42 Å². The number of hydrogen-bond acceptors (Lipinski definition) is 5. The van der Waals surface area contributed by atoms with Crippen LogP contribution in [0.2, 0.25) is 0 Å². The van der Waals surface area contributed by atoms with Gasteiger partial charge in [-0.1, -0.05) is 13.8 Å². The first-order chi connectivity index (χ1) is 9.97. The molecule has 1 saturated heterocycles. The number of aryl methyl sites for hydroxylation is 1. The van der Waals surface area contributed by atoms with Gasteiger partial charge in [-0.25, -0.2) is 13.1 Å². The maximum atomic E-state index is 12.2. The highest BCUT2D eigenvalue weighted by Crippen LogP contribution is 2.19. The minimum atomic E-state index is -3.43. The SMILES string of the molecule is CC(C)NCCCn1cc(S(=O)(=O)NC2CCSC2)cn1. The highest BCUT2D eigenvalue weighted by molar-refractivity contribution is 7.99. The van der Waals surface area contributed by atoms with Crippen molar-refractivity contribution in [2.45, 2.75) is 50.2 Å². The van der Waals surface area contributed by atoms with Gasteiger partial charge in [-0.15, -0.1) is 0 Å². The van der Waals surface area contributed by atoms with Gasteiger partial charge in [0.2, 0.25) is 10.0 Å². The smallest absolute Gasteiger partial charge is 0.243 e. The molecule has 0 aromatic carbocycles. The molecule has 0 aliphatic carbocycles. The Bertz CT molecular complexity index is 536. The second-order valence-corrected chi connectivity index (χ2v) is 8.45. The number of sulfonamides is 1. The van der Waals surface area contributed by atoms with Crippen LogP contribution in [0.5, 0.6) is 0 Å². The molecule has 2 rings (SSSR count). The second kappa shape index (κ2) is 7.62. The van der Waals surface area contributed by atoms with E-state index in [1.54, 1.807) is 22.6 Å². The Morgan fingerprint density at radius 3 is 3.00 bits per heavy atom. The Balaban J connectivity index is 1.86. The van der Waals surface area contributed by atoms with Crippen LogP contribution in [0.15, 0.2) is 17.3 Å². The summed E-state index contributed by atoms with van der Waals surface area (Å²) in [6.07, 6.45) is 4.87. The van der Waals surface area contributed by atoms with Crippen LogP contribution in [-0.4, -0.2) is 48.3 Å². The number of thioether (sulfide) groups is 1. The molecule has 0 bridgehead atoms. The lowest BCUT2D eigenvalue weighted by Crippen LogP contribution is -2.34. The molecule has 1 aliphatic heterocycles. The van der Waals surface area contributed by atoms with Gasteiger partial charge in [0.05, 0.1) is 6.20 Å². The predicted octanol–water partition coefficient (Wildman–Crippen LogP) is 1.06. The van der Waals surface area contributed by atoms with Gasteiger partial charge in [0.25, 0.3) is 0 Å². The van der Waals surface area contributed by atoms with Crippen LogP contribution in [-0.2, 0) is 16.6 Å². The summed E-state index contributed by atoms with van der Waals surface area (Å²) in [4.78, 5) is 0.260. The molecule has 1 fully saturated rings. The first-order valence-corrected chi connectivity index (χ1v) is 9.97. The monoisotopic (exact) mass is 332 g/mol. The highest BCUT2D eigenvalue weighted by atomic mass is 32.2. The maximum Gasteiger partial charge on any atom is 0.243 e. The van der Waals surface area contributed by atoms with Gasteiger partial charge >= 0.3 is 0 Å². The second-order valence-electron chi connectivity index (χ2n) is 5.58. The molecule has 1 aliphatic rings. The van der Waals surface area contributed by atoms with E-state index in [4.69, 9.17) is 0 Å². The van der Waals surface area contributed by atoms with Crippen LogP contribution in [0, 0.1) is 0 Å². The lowest BCUT2D eigenvalue weighted by Gasteiger charge is -2.10. The largest absolute Gasteiger partial charge is 0.314 e. The molecule has 6 nitrogen and oxygen atoms in total. The van der Waals surface area contributed by atoms with E-state index in [9.17, 15) is 8.42 Å². The lowest BCUT2D eigenvalue weighted by atomic mass is 10.3. The van der Waals surface area contributed by atoms with E-state index in [1.807, 2.05) is 0 Å². The standard InChI is InChI=1S/C13H24N4O2S2/c1-11(2)14-5-3-6-17-9-13(8-15-17)21(18,19)16-12-4-7-20-10-12/h8-9,11-12,14,16H,3-7,10H2,1-2H3. The third kappa shape index (κ3) is 5.28. The van der Waals surface area contributed by atoms with Crippen LogP contribution in [0.4, 0.5) is 0 Å². The zero-order valence-electron chi connectivity index (χ0n) is 12.6. The van der Waals surface area contributed by atoms with E-state index < -0.39 is 10.0 Å². The summed E-state index contributed by atoms with van der Waals surface area (Å²) >= 11 is 1.78. The number of nitrogens with zero attached hydrogens (tertiary/aromatic N) is 2. The molecule has 0 amide bonds. The molecule has 0 saturated carbocycles. The quantitative estimate of drug-likeness (QED) is 0.696. The average Bonchev–Trinajstić information content (AvgIpc) is 3.05. The average molecular weight is 332 g/mol. The van der Waals surface area contributed by atoms with Gasteiger partial charge in [0.1, 0.15) is 4.90 Å². The van der Waals surface area contributed by atoms with Crippen LogP contribution in [0.3, 0.4) is 0 Å². The zero-order chi connectivity index (χ0) is 15.3. The van der Waals surface area contributed by atoms with Crippen LogP contribution in [0.25, 0.3) is 0 Å². The van der Waals surface area contributed by atoms with Crippen molar-refractivity contribution in [2.75, 3.05) is 18.1 Å². The van der Waals surface area contributed by atoms with Gasteiger partial charge in [0.15, 0.2) is 0 Å². The van der Waals surface area contributed by atoms with Crippen LogP contribution in [0.1, 0.15) is 26.7 Å². The summed E-state index contributed by atoms with van der Waals surface area (Å²) in [6, 6.07) is 0.519. The van der Waals surface area contributed by atoms with Gasteiger partial charge < -0.3 is 5.32 Å². The van der Waals surface area contributed by atoms with Gasteiger partial charge in [-0.2, -0.15) is 16.9 Å². The van der Waals surface area contributed by atoms with E-state index in [0.29, 0.717) is 12.6 Å². The summed E-state index contributed by atoms with van der Waals surface area (Å²) < 4.78 is 28.9. The van der Waals surface area contributed by atoms with E-state index in [-0.39, 0.29) is 10.9 Å². The topological polar surface area (TPSA) is 76.0 Å². The summed E-state index contributed by atoms with van der Waals surface area (Å²) in [5, 5.41) is 7.47. The summed E-state index contributed by atoms with van der Waals surface area (Å²) in [6.45, 7) is 5.82. The highest BCUT2D eigenvalue weighted by Gasteiger charge is 2.24. The molecule has 1 unspecified atom stereocenters. The van der Waals surface area contributed by atoms with Crippen molar-refractivity contribution in [2.24, 2.45) is 0 Å². The number of hydrogen-bond donors (Lipinski definition) is 2. The lowest BCUT2D eigenvalue weighted by molar-refractivity contribution is 0.513. The Labute approximate surface area is 131 Å². The van der Waals surface area contributed by atoms with E-state index in [2.05, 4.69) is 29.0 Å². The zero-order valence-corrected chi connectivity index (χ0v) is 14.2. The molecule has 8 heteroatoms.